The summed E-state index contributed by atoms with van der Waals surface area (Å²) in [4.78, 5) is 11.9. The smallest absolute Gasteiger partial charge is 0.257 e. The number of carbonyl (C=O) groups excluding carboxylic acids is 1. The average molecular weight is 275 g/mol. The highest BCUT2D eigenvalue weighted by Gasteiger charge is 2.16. The van der Waals surface area contributed by atoms with E-state index in [-0.39, 0.29) is 11.3 Å². The number of amides is 1. The Morgan fingerprint density at radius 1 is 1.21 bits per heavy atom. The van der Waals surface area contributed by atoms with Gasteiger partial charge in [0.25, 0.3) is 5.91 Å². The molecule has 0 spiro atoms. The molecule has 0 bridgehead atoms. The van der Waals surface area contributed by atoms with Crippen LogP contribution >= 0.6 is 11.3 Å². The molecular formula is C14H17N3OS. The molecule has 0 atom stereocenters. The van der Waals surface area contributed by atoms with Gasteiger partial charge in [-0.15, -0.1) is 10.2 Å². The third-order valence-corrected chi connectivity index (χ3v) is 3.24. The molecule has 0 fully saturated rings. The highest BCUT2D eigenvalue weighted by molar-refractivity contribution is 7.15. The van der Waals surface area contributed by atoms with E-state index in [1.165, 1.54) is 11.3 Å². The maximum absolute atomic E-state index is 11.9. The summed E-state index contributed by atoms with van der Waals surface area (Å²) in [6.07, 6.45) is 0.853. The summed E-state index contributed by atoms with van der Waals surface area (Å²) >= 11 is 1.43. The molecule has 1 N–H and O–H groups in total. The Morgan fingerprint density at radius 3 is 2.53 bits per heavy atom. The Morgan fingerprint density at radius 2 is 1.89 bits per heavy atom. The monoisotopic (exact) mass is 275 g/mol. The normalized spacial score (nSPS) is 11.3. The lowest BCUT2D eigenvalue weighted by Crippen LogP contribution is -2.11. The highest BCUT2D eigenvalue weighted by atomic mass is 32.1. The zero-order valence-electron chi connectivity index (χ0n) is 11.3. The number of hydrogen-bond acceptors (Lipinski definition) is 4. The molecule has 1 aromatic heterocycles. The molecule has 19 heavy (non-hydrogen) atoms. The minimum absolute atomic E-state index is 0.154. The number of hydrogen-bond donors (Lipinski definition) is 1. The summed E-state index contributed by atoms with van der Waals surface area (Å²) in [5, 5.41) is 12.4. The second-order valence-corrected chi connectivity index (χ2v) is 6.62. The van der Waals surface area contributed by atoms with E-state index in [9.17, 15) is 4.79 Å². The molecule has 0 radical (unpaired) electrons. The highest BCUT2D eigenvalue weighted by Crippen LogP contribution is 2.24. The van der Waals surface area contributed by atoms with Crippen LogP contribution in [0.1, 0.15) is 36.1 Å². The molecule has 2 rings (SSSR count). The molecule has 1 amide bonds. The van der Waals surface area contributed by atoms with Gasteiger partial charge in [-0.2, -0.15) is 0 Å². The first-order chi connectivity index (χ1) is 8.94. The van der Waals surface area contributed by atoms with Crippen LogP contribution in [0.4, 0.5) is 5.13 Å². The van der Waals surface area contributed by atoms with Crippen LogP contribution in [0.15, 0.2) is 30.3 Å². The van der Waals surface area contributed by atoms with Gasteiger partial charge in [0.05, 0.1) is 0 Å². The fraction of sp³-hybridized carbons (Fsp3) is 0.357. The quantitative estimate of drug-likeness (QED) is 0.934. The van der Waals surface area contributed by atoms with Crippen LogP contribution in [0.5, 0.6) is 0 Å². The molecule has 5 heteroatoms. The maximum Gasteiger partial charge on any atom is 0.257 e. The van der Waals surface area contributed by atoms with Gasteiger partial charge >= 0.3 is 0 Å². The first-order valence-electron chi connectivity index (χ1n) is 6.13. The van der Waals surface area contributed by atoms with Gasteiger partial charge in [0.2, 0.25) is 5.13 Å². The van der Waals surface area contributed by atoms with Gasteiger partial charge in [0, 0.05) is 12.0 Å². The lowest BCUT2D eigenvalue weighted by molar-refractivity contribution is 0.102. The Bertz CT molecular complexity index is 558. The van der Waals surface area contributed by atoms with Crippen molar-refractivity contribution >= 4 is 22.4 Å². The van der Waals surface area contributed by atoms with Gasteiger partial charge in [-0.3, -0.25) is 10.1 Å². The molecule has 0 aliphatic heterocycles. The van der Waals surface area contributed by atoms with Gasteiger partial charge in [-0.05, 0) is 17.5 Å². The summed E-state index contributed by atoms with van der Waals surface area (Å²) in [6, 6.07) is 9.09. The average Bonchev–Trinajstić information content (AvgIpc) is 2.75. The summed E-state index contributed by atoms with van der Waals surface area (Å²) in [7, 11) is 0. The predicted octanol–water partition coefficient (Wildman–Crippen LogP) is 3.38. The Balaban J connectivity index is 2.03. The summed E-state index contributed by atoms with van der Waals surface area (Å²) in [5.41, 5.74) is 0.787. The molecule has 2 aromatic rings. The zero-order valence-corrected chi connectivity index (χ0v) is 12.1. The molecule has 1 heterocycles. The van der Waals surface area contributed by atoms with Crippen LogP contribution in [-0.2, 0) is 6.42 Å². The number of benzene rings is 1. The molecule has 0 unspecified atom stereocenters. The molecule has 0 aliphatic carbocycles. The topological polar surface area (TPSA) is 54.9 Å². The van der Waals surface area contributed by atoms with E-state index in [0.29, 0.717) is 10.7 Å². The van der Waals surface area contributed by atoms with Crippen molar-refractivity contribution < 1.29 is 4.79 Å². The lowest BCUT2D eigenvalue weighted by atomic mass is 9.93. The minimum atomic E-state index is -0.154. The minimum Gasteiger partial charge on any atom is -0.296 e. The van der Waals surface area contributed by atoms with Crippen LogP contribution in [-0.4, -0.2) is 16.1 Å². The fourth-order valence-electron chi connectivity index (χ4n) is 1.59. The molecule has 0 saturated heterocycles. The fourth-order valence-corrected chi connectivity index (χ4v) is 2.62. The number of nitrogens with zero attached hydrogens (tertiary/aromatic N) is 2. The molecule has 0 aliphatic rings. The van der Waals surface area contributed by atoms with Crippen LogP contribution in [0, 0.1) is 5.41 Å². The lowest BCUT2D eigenvalue weighted by Gasteiger charge is -2.14. The number of anilines is 1. The predicted molar refractivity (Wildman–Crippen MR) is 77.5 cm³/mol. The van der Waals surface area contributed by atoms with Crippen molar-refractivity contribution in [2.45, 2.75) is 27.2 Å². The maximum atomic E-state index is 11.9. The van der Waals surface area contributed by atoms with E-state index >= 15 is 0 Å². The molecule has 4 nitrogen and oxygen atoms in total. The Labute approximate surface area is 116 Å². The van der Waals surface area contributed by atoms with Gasteiger partial charge < -0.3 is 0 Å². The third-order valence-electron chi connectivity index (χ3n) is 2.40. The van der Waals surface area contributed by atoms with Crippen molar-refractivity contribution in [1.29, 1.82) is 0 Å². The van der Waals surface area contributed by atoms with Crippen LogP contribution < -0.4 is 5.32 Å². The van der Waals surface area contributed by atoms with E-state index in [1.54, 1.807) is 12.1 Å². The Kier molecular flexibility index (Phi) is 3.95. The van der Waals surface area contributed by atoms with E-state index < -0.39 is 0 Å². The second-order valence-electron chi connectivity index (χ2n) is 5.56. The van der Waals surface area contributed by atoms with Crippen molar-refractivity contribution in [2.75, 3.05) is 5.32 Å². The first-order valence-corrected chi connectivity index (χ1v) is 6.94. The molecule has 1 aromatic carbocycles. The summed E-state index contributed by atoms with van der Waals surface area (Å²) in [5.74, 6) is -0.154. The van der Waals surface area contributed by atoms with Crippen LogP contribution in [0.25, 0.3) is 0 Å². The molecule has 100 valence electrons. The van der Waals surface area contributed by atoms with Gasteiger partial charge in [0.15, 0.2) is 0 Å². The SMILES string of the molecule is CC(C)(C)Cc1nnc(NC(=O)c2ccccc2)s1. The third kappa shape index (κ3) is 4.13. The summed E-state index contributed by atoms with van der Waals surface area (Å²) in [6.45, 7) is 6.45. The van der Waals surface area contributed by atoms with E-state index in [0.717, 1.165) is 11.4 Å². The van der Waals surface area contributed by atoms with Gasteiger partial charge in [-0.1, -0.05) is 50.3 Å². The van der Waals surface area contributed by atoms with Crippen LogP contribution in [0.3, 0.4) is 0 Å². The Hall–Kier alpha value is -1.75. The van der Waals surface area contributed by atoms with Gasteiger partial charge in [-0.25, -0.2) is 0 Å². The first kappa shape index (κ1) is 13.7. The largest absolute Gasteiger partial charge is 0.296 e. The molecule has 0 saturated carbocycles. The van der Waals surface area contributed by atoms with Crippen molar-refractivity contribution in [2.24, 2.45) is 5.41 Å². The van der Waals surface area contributed by atoms with Crippen molar-refractivity contribution in [3.05, 3.63) is 40.9 Å². The zero-order chi connectivity index (χ0) is 13.9. The molecular weight excluding hydrogens is 258 g/mol. The number of rotatable bonds is 3. The van der Waals surface area contributed by atoms with Crippen molar-refractivity contribution in [3.8, 4) is 0 Å². The standard InChI is InChI=1S/C14H17N3OS/c1-14(2,3)9-11-16-17-13(19-11)15-12(18)10-7-5-4-6-8-10/h4-8H,9H2,1-3H3,(H,15,17,18). The van der Waals surface area contributed by atoms with Crippen molar-refractivity contribution in [1.82, 2.24) is 10.2 Å². The van der Waals surface area contributed by atoms with E-state index in [4.69, 9.17) is 0 Å². The van der Waals surface area contributed by atoms with E-state index in [1.807, 2.05) is 18.2 Å². The van der Waals surface area contributed by atoms with E-state index in [2.05, 4.69) is 36.3 Å². The van der Waals surface area contributed by atoms with Crippen LogP contribution in [0.2, 0.25) is 0 Å². The summed E-state index contributed by atoms with van der Waals surface area (Å²) < 4.78 is 0. The number of nitrogens with one attached hydrogen (secondary N) is 1. The van der Waals surface area contributed by atoms with Crippen molar-refractivity contribution in [3.63, 3.8) is 0 Å². The van der Waals surface area contributed by atoms with Gasteiger partial charge in [0.1, 0.15) is 5.01 Å². The second kappa shape index (κ2) is 5.48. The number of carbonyl (C=O) groups is 1. The number of aromatic nitrogens is 2.